The van der Waals surface area contributed by atoms with Gasteiger partial charge in [-0.2, -0.15) is 0 Å². The summed E-state index contributed by atoms with van der Waals surface area (Å²) in [4.78, 5) is 12.3. The quantitative estimate of drug-likeness (QED) is 0.843. The van der Waals surface area contributed by atoms with Crippen LogP contribution in [0, 0.1) is 0 Å². The molecule has 2 aromatic rings. The zero-order valence-corrected chi connectivity index (χ0v) is 12.7. The molecule has 0 atom stereocenters. The van der Waals surface area contributed by atoms with Crippen molar-refractivity contribution in [2.45, 2.75) is 39.0 Å². The van der Waals surface area contributed by atoms with Crippen LogP contribution in [0.4, 0.5) is 5.69 Å². The van der Waals surface area contributed by atoms with Gasteiger partial charge in [-0.25, -0.2) is 0 Å². The number of rotatable bonds is 2. The van der Waals surface area contributed by atoms with E-state index in [0.29, 0.717) is 5.57 Å². The lowest BCUT2D eigenvalue weighted by Crippen LogP contribution is -2.03. The number of hydrogen-bond donors (Lipinski definition) is 1. The van der Waals surface area contributed by atoms with E-state index in [1.807, 2.05) is 30.3 Å². The highest BCUT2D eigenvalue weighted by Crippen LogP contribution is 2.36. The molecule has 4 rings (SSSR count). The van der Waals surface area contributed by atoms with Crippen molar-refractivity contribution in [2.24, 2.45) is 0 Å². The topological polar surface area (TPSA) is 42.2 Å². The maximum Gasteiger partial charge on any atom is 0.256 e. The molecule has 0 fully saturated rings. The van der Waals surface area contributed by atoms with E-state index in [4.69, 9.17) is 4.42 Å². The SMILES string of the molecule is CCc1c(C=C2C(=O)Nc3ccccc32)oc2c1CCCC2. The van der Waals surface area contributed by atoms with Gasteiger partial charge in [-0.3, -0.25) is 4.79 Å². The van der Waals surface area contributed by atoms with Crippen molar-refractivity contribution in [1.29, 1.82) is 0 Å². The second kappa shape index (κ2) is 5.16. The Morgan fingerprint density at radius 1 is 1.23 bits per heavy atom. The summed E-state index contributed by atoms with van der Waals surface area (Å²) in [5.41, 5.74) is 5.21. The summed E-state index contributed by atoms with van der Waals surface area (Å²) >= 11 is 0. The molecule has 1 amide bonds. The lowest BCUT2D eigenvalue weighted by molar-refractivity contribution is -0.110. The van der Waals surface area contributed by atoms with Gasteiger partial charge in [0.1, 0.15) is 11.5 Å². The van der Waals surface area contributed by atoms with Gasteiger partial charge in [0.15, 0.2) is 0 Å². The molecular formula is C19H19NO2. The van der Waals surface area contributed by atoms with Gasteiger partial charge in [-0.1, -0.05) is 25.1 Å². The molecule has 0 bridgehead atoms. The van der Waals surface area contributed by atoms with E-state index < -0.39 is 0 Å². The summed E-state index contributed by atoms with van der Waals surface area (Å²) in [5.74, 6) is 1.95. The van der Waals surface area contributed by atoms with E-state index in [1.54, 1.807) is 0 Å². The Hall–Kier alpha value is -2.29. The predicted molar refractivity (Wildman–Crippen MR) is 87.7 cm³/mol. The molecule has 0 radical (unpaired) electrons. The fourth-order valence-corrected chi connectivity index (χ4v) is 3.57. The maximum atomic E-state index is 12.3. The zero-order chi connectivity index (χ0) is 15.1. The molecular weight excluding hydrogens is 274 g/mol. The largest absolute Gasteiger partial charge is 0.461 e. The maximum absolute atomic E-state index is 12.3. The Morgan fingerprint density at radius 3 is 2.91 bits per heavy atom. The number of anilines is 1. The molecule has 112 valence electrons. The van der Waals surface area contributed by atoms with Crippen LogP contribution in [0.1, 0.15) is 48.0 Å². The first-order valence-corrected chi connectivity index (χ1v) is 8.03. The fourth-order valence-electron chi connectivity index (χ4n) is 3.57. The number of fused-ring (bicyclic) bond motifs is 2. The second-order valence-corrected chi connectivity index (χ2v) is 5.96. The molecule has 1 N–H and O–H groups in total. The summed E-state index contributed by atoms with van der Waals surface area (Å²) in [6, 6.07) is 7.81. The molecule has 3 heteroatoms. The van der Waals surface area contributed by atoms with Gasteiger partial charge in [-0.05, 0) is 43.4 Å². The van der Waals surface area contributed by atoms with Gasteiger partial charge in [0, 0.05) is 23.2 Å². The average Bonchev–Trinajstić information content (AvgIpc) is 3.05. The molecule has 0 spiro atoms. The molecule has 1 aromatic heterocycles. The van der Waals surface area contributed by atoms with E-state index in [-0.39, 0.29) is 5.91 Å². The highest BCUT2D eigenvalue weighted by atomic mass is 16.3. The Labute approximate surface area is 130 Å². The lowest BCUT2D eigenvalue weighted by Gasteiger charge is -2.09. The summed E-state index contributed by atoms with van der Waals surface area (Å²) in [6.45, 7) is 2.16. The first-order chi connectivity index (χ1) is 10.8. The normalized spacial score (nSPS) is 18.2. The standard InChI is InChI=1S/C19H19NO2/c1-2-12-14-8-4-6-10-17(14)22-18(12)11-15-13-7-3-5-9-16(13)20-19(15)21/h3,5,7,9,11H,2,4,6,8,10H2,1H3,(H,20,21). The van der Waals surface area contributed by atoms with Gasteiger partial charge in [0.25, 0.3) is 5.91 Å². The van der Waals surface area contributed by atoms with Crippen molar-refractivity contribution in [3.05, 3.63) is 52.5 Å². The van der Waals surface area contributed by atoms with Crippen LogP contribution in [0.15, 0.2) is 28.7 Å². The van der Waals surface area contributed by atoms with Crippen molar-refractivity contribution in [2.75, 3.05) is 5.32 Å². The minimum atomic E-state index is -0.0439. The molecule has 1 aliphatic carbocycles. The van der Waals surface area contributed by atoms with E-state index in [2.05, 4.69) is 12.2 Å². The fraction of sp³-hybridized carbons (Fsp3) is 0.316. The van der Waals surface area contributed by atoms with Gasteiger partial charge in [-0.15, -0.1) is 0 Å². The Bertz CT molecular complexity index is 783. The number of para-hydroxylation sites is 1. The highest BCUT2D eigenvalue weighted by molar-refractivity contribution is 6.34. The predicted octanol–water partition coefficient (Wildman–Crippen LogP) is 4.21. The minimum Gasteiger partial charge on any atom is -0.461 e. The highest BCUT2D eigenvalue weighted by Gasteiger charge is 2.26. The molecule has 0 saturated heterocycles. The van der Waals surface area contributed by atoms with Crippen molar-refractivity contribution in [1.82, 2.24) is 0 Å². The van der Waals surface area contributed by atoms with Crippen LogP contribution in [0.2, 0.25) is 0 Å². The van der Waals surface area contributed by atoms with E-state index in [0.717, 1.165) is 42.0 Å². The summed E-state index contributed by atoms with van der Waals surface area (Å²) in [6.07, 6.45) is 7.43. The molecule has 1 aliphatic heterocycles. The van der Waals surface area contributed by atoms with Crippen LogP contribution < -0.4 is 5.32 Å². The molecule has 0 saturated carbocycles. The average molecular weight is 293 g/mol. The van der Waals surface area contributed by atoms with Crippen molar-refractivity contribution >= 4 is 23.2 Å². The number of aryl methyl sites for hydroxylation is 1. The van der Waals surface area contributed by atoms with Crippen molar-refractivity contribution in [3.63, 3.8) is 0 Å². The van der Waals surface area contributed by atoms with E-state index in [1.165, 1.54) is 24.0 Å². The van der Waals surface area contributed by atoms with Gasteiger partial charge < -0.3 is 9.73 Å². The number of hydrogen-bond acceptors (Lipinski definition) is 2. The van der Waals surface area contributed by atoms with Gasteiger partial charge in [0.2, 0.25) is 0 Å². The first kappa shape index (κ1) is 13.4. The number of furan rings is 1. The summed E-state index contributed by atoms with van der Waals surface area (Å²) in [5, 5.41) is 2.92. The summed E-state index contributed by atoms with van der Waals surface area (Å²) < 4.78 is 6.10. The van der Waals surface area contributed by atoms with Crippen molar-refractivity contribution in [3.8, 4) is 0 Å². The smallest absolute Gasteiger partial charge is 0.256 e. The van der Waals surface area contributed by atoms with Crippen LogP contribution >= 0.6 is 0 Å². The Morgan fingerprint density at radius 2 is 2.05 bits per heavy atom. The number of nitrogens with one attached hydrogen (secondary N) is 1. The van der Waals surface area contributed by atoms with Crippen LogP contribution in [-0.2, 0) is 24.1 Å². The molecule has 2 aliphatic rings. The summed E-state index contributed by atoms with van der Waals surface area (Å²) in [7, 11) is 0. The number of carbonyl (C=O) groups excluding carboxylic acids is 1. The van der Waals surface area contributed by atoms with Gasteiger partial charge >= 0.3 is 0 Å². The number of carbonyl (C=O) groups is 1. The zero-order valence-electron chi connectivity index (χ0n) is 12.7. The van der Waals surface area contributed by atoms with E-state index in [9.17, 15) is 4.79 Å². The third-order valence-electron chi connectivity index (χ3n) is 4.65. The minimum absolute atomic E-state index is 0.0439. The number of amides is 1. The molecule has 1 aromatic carbocycles. The second-order valence-electron chi connectivity index (χ2n) is 5.96. The first-order valence-electron chi connectivity index (χ1n) is 8.03. The third-order valence-corrected chi connectivity index (χ3v) is 4.65. The monoisotopic (exact) mass is 293 g/mol. The van der Waals surface area contributed by atoms with Crippen LogP contribution in [0.25, 0.3) is 11.6 Å². The molecule has 3 nitrogen and oxygen atoms in total. The van der Waals surface area contributed by atoms with Crippen molar-refractivity contribution < 1.29 is 9.21 Å². The number of benzene rings is 1. The molecule has 0 unspecified atom stereocenters. The Kier molecular flexibility index (Phi) is 3.14. The molecule has 22 heavy (non-hydrogen) atoms. The van der Waals surface area contributed by atoms with Gasteiger partial charge in [0.05, 0.1) is 5.57 Å². The Balaban J connectivity index is 1.83. The third kappa shape index (κ3) is 2.00. The van der Waals surface area contributed by atoms with Crippen LogP contribution in [0.5, 0.6) is 0 Å². The lowest BCUT2D eigenvalue weighted by atomic mass is 9.93. The molecule has 2 heterocycles. The van der Waals surface area contributed by atoms with Crippen LogP contribution in [-0.4, -0.2) is 5.91 Å². The van der Waals surface area contributed by atoms with E-state index >= 15 is 0 Å². The van der Waals surface area contributed by atoms with Crippen LogP contribution in [0.3, 0.4) is 0 Å².